The van der Waals surface area contributed by atoms with E-state index in [1.54, 1.807) is 0 Å². The second kappa shape index (κ2) is 4.98. The van der Waals surface area contributed by atoms with Crippen LogP contribution in [0.3, 0.4) is 0 Å². The lowest BCUT2D eigenvalue weighted by Crippen LogP contribution is -1.98. The molecule has 3 aromatic heterocycles. The summed E-state index contributed by atoms with van der Waals surface area (Å²) < 4.78 is 2.09. The zero-order chi connectivity index (χ0) is 16.0. The molecule has 0 saturated carbocycles. The summed E-state index contributed by atoms with van der Waals surface area (Å²) in [5.74, 6) is -0.948. The van der Waals surface area contributed by atoms with Gasteiger partial charge in [-0.05, 0) is 35.2 Å². The highest BCUT2D eigenvalue weighted by atomic mass is 16.4. The van der Waals surface area contributed by atoms with Gasteiger partial charge in [-0.3, -0.25) is 4.98 Å². The summed E-state index contributed by atoms with van der Waals surface area (Å²) in [6.07, 6.45) is 4.27. The number of H-pyrrole nitrogens is 1. The van der Waals surface area contributed by atoms with E-state index in [1.165, 1.54) is 28.7 Å². The van der Waals surface area contributed by atoms with E-state index in [9.17, 15) is 9.90 Å². The largest absolute Gasteiger partial charge is 0.478 e. The van der Waals surface area contributed by atoms with Crippen LogP contribution in [0.15, 0.2) is 48.8 Å². The quantitative estimate of drug-likeness (QED) is 0.610. The van der Waals surface area contributed by atoms with Crippen LogP contribution >= 0.6 is 0 Å². The number of pyridine rings is 1. The third-order valence-corrected chi connectivity index (χ3v) is 4.15. The number of carboxylic acids is 1. The number of benzene rings is 1. The summed E-state index contributed by atoms with van der Waals surface area (Å²) in [6.45, 7) is 0. The first-order valence-corrected chi connectivity index (χ1v) is 7.36. The predicted molar refractivity (Wildman–Crippen MR) is 88.8 cm³/mol. The fourth-order valence-corrected chi connectivity index (χ4v) is 2.99. The minimum absolute atomic E-state index is 0.249. The molecule has 4 aromatic rings. The topological polar surface area (TPSA) is 70.9 Å². The number of fused-ring (bicyclic) bond motifs is 2. The Bertz CT molecular complexity index is 1040. The smallest absolute Gasteiger partial charge is 0.337 e. The molecular formula is C18H15N3O2. The van der Waals surface area contributed by atoms with Crippen molar-refractivity contribution in [2.45, 2.75) is 6.42 Å². The zero-order valence-electron chi connectivity index (χ0n) is 12.6. The Hall–Kier alpha value is -3.08. The molecule has 4 rings (SSSR count). The lowest BCUT2D eigenvalue weighted by Gasteiger charge is -2.02. The van der Waals surface area contributed by atoms with E-state index in [1.807, 2.05) is 19.3 Å². The van der Waals surface area contributed by atoms with E-state index in [-0.39, 0.29) is 5.56 Å². The summed E-state index contributed by atoms with van der Waals surface area (Å²) in [5.41, 5.74) is 4.81. The van der Waals surface area contributed by atoms with Gasteiger partial charge < -0.3 is 14.7 Å². The number of nitrogens with one attached hydrogen (secondary N) is 1. The maximum absolute atomic E-state index is 11.3. The highest BCUT2D eigenvalue weighted by molar-refractivity contribution is 6.00. The van der Waals surface area contributed by atoms with Gasteiger partial charge >= 0.3 is 5.97 Å². The number of aryl methyl sites for hydroxylation is 1. The van der Waals surface area contributed by atoms with E-state index < -0.39 is 5.97 Å². The molecule has 1 aromatic carbocycles. The molecule has 0 fully saturated rings. The van der Waals surface area contributed by atoms with Crippen molar-refractivity contribution in [2.24, 2.45) is 7.05 Å². The first-order valence-electron chi connectivity index (χ1n) is 7.36. The Balaban J connectivity index is 1.75. The molecule has 0 amide bonds. The number of carboxylic acid groups (broad SMARTS) is 1. The van der Waals surface area contributed by atoms with Gasteiger partial charge in [0.25, 0.3) is 0 Å². The maximum atomic E-state index is 11.3. The van der Waals surface area contributed by atoms with E-state index in [4.69, 9.17) is 0 Å². The van der Waals surface area contributed by atoms with Gasteiger partial charge in [0.05, 0.1) is 16.6 Å². The molecule has 114 valence electrons. The molecule has 0 unspecified atom stereocenters. The molecule has 0 bridgehead atoms. The number of nitrogens with zero attached hydrogens (tertiary/aromatic N) is 2. The van der Waals surface area contributed by atoms with Gasteiger partial charge in [0.1, 0.15) is 0 Å². The Morgan fingerprint density at radius 1 is 1.26 bits per heavy atom. The van der Waals surface area contributed by atoms with Crippen LogP contribution in [0.25, 0.3) is 21.9 Å². The minimum atomic E-state index is -0.948. The number of aromatic nitrogens is 3. The Kier molecular flexibility index (Phi) is 2.94. The average molecular weight is 305 g/mol. The molecular weight excluding hydrogens is 290 g/mol. The SMILES string of the molecule is Cn1ccc2ccc(Cc3cc4nccc(C(=O)O)c4[nH]3)cc21. The molecule has 0 aliphatic carbocycles. The number of aromatic amines is 1. The second-order valence-corrected chi connectivity index (χ2v) is 5.72. The van der Waals surface area contributed by atoms with Gasteiger partial charge in [0, 0.05) is 37.1 Å². The van der Waals surface area contributed by atoms with Gasteiger partial charge in [0.15, 0.2) is 0 Å². The molecule has 5 nitrogen and oxygen atoms in total. The number of carbonyl (C=O) groups is 1. The molecule has 0 aliphatic heterocycles. The number of rotatable bonds is 3. The van der Waals surface area contributed by atoms with Crippen molar-refractivity contribution in [3.63, 3.8) is 0 Å². The normalized spacial score (nSPS) is 11.3. The van der Waals surface area contributed by atoms with Crippen molar-refractivity contribution in [1.29, 1.82) is 0 Å². The molecule has 2 N–H and O–H groups in total. The predicted octanol–water partition coefficient (Wildman–Crippen LogP) is 3.34. The molecule has 5 heteroatoms. The lowest BCUT2D eigenvalue weighted by molar-refractivity contribution is 0.0699. The van der Waals surface area contributed by atoms with E-state index in [0.717, 1.165) is 5.69 Å². The monoisotopic (exact) mass is 305 g/mol. The van der Waals surface area contributed by atoms with Gasteiger partial charge in [-0.1, -0.05) is 12.1 Å². The lowest BCUT2D eigenvalue weighted by atomic mass is 10.1. The first kappa shape index (κ1) is 13.6. The maximum Gasteiger partial charge on any atom is 0.337 e. The molecule has 0 spiro atoms. The van der Waals surface area contributed by atoms with Crippen LogP contribution in [0.5, 0.6) is 0 Å². The van der Waals surface area contributed by atoms with Crippen molar-refractivity contribution in [1.82, 2.24) is 14.5 Å². The molecule has 0 aliphatic rings. The van der Waals surface area contributed by atoms with Crippen LogP contribution in [0, 0.1) is 0 Å². The second-order valence-electron chi connectivity index (χ2n) is 5.72. The van der Waals surface area contributed by atoms with Crippen LogP contribution in [-0.4, -0.2) is 25.6 Å². The zero-order valence-corrected chi connectivity index (χ0v) is 12.6. The summed E-state index contributed by atoms with van der Waals surface area (Å²) >= 11 is 0. The third-order valence-electron chi connectivity index (χ3n) is 4.15. The summed E-state index contributed by atoms with van der Waals surface area (Å²) in [7, 11) is 2.03. The van der Waals surface area contributed by atoms with Crippen LogP contribution in [0.2, 0.25) is 0 Å². The summed E-state index contributed by atoms with van der Waals surface area (Å²) in [6, 6.07) is 11.9. The van der Waals surface area contributed by atoms with E-state index in [0.29, 0.717) is 17.5 Å². The van der Waals surface area contributed by atoms with Crippen LogP contribution in [-0.2, 0) is 13.5 Å². The van der Waals surface area contributed by atoms with Gasteiger partial charge in [-0.15, -0.1) is 0 Å². The van der Waals surface area contributed by atoms with Crippen molar-refractivity contribution in [3.05, 3.63) is 65.6 Å². The fraction of sp³-hybridized carbons (Fsp3) is 0.111. The average Bonchev–Trinajstić information content (AvgIpc) is 3.10. The van der Waals surface area contributed by atoms with Crippen molar-refractivity contribution < 1.29 is 9.90 Å². The number of hydrogen-bond acceptors (Lipinski definition) is 2. The Morgan fingerprint density at radius 3 is 2.96 bits per heavy atom. The third kappa shape index (κ3) is 2.26. The van der Waals surface area contributed by atoms with Crippen molar-refractivity contribution >= 4 is 27.9 Å². The van der Waals surface area contributed by atoms with Crippen LogP contribution in [0.4, 0.5) is 0 Å². The van der Waals surface area contributed by atoms with Gasteiger partial charge in [0.2, 0.25) is 0 Å². The molecule has 0 radical (unpaired) electrons. The highest BCUT2D eigenvalue weighted by Crippen LogP contribution is 2.22. The van der Waals surface area contributed by atoms with Crippen LogP contribution in [0.1, 0.15) is 21.6 Å². The van der Waals surface area contributed by atoms with Gasteiger partial charge in [-0.25, -0.2) is 4.79 Å². The fourth-order valence-electron chi connectivity index (χ4n) is 2.99. The first-order chi connectivity index (χ1) is 11.1. The standard InChI is InChI=1S/C18H15N3O2/c1-21-7-5-12-3-2-11(9-16(12)21)8-13-10-15-17(20-13)14(18(22)23)4-6-19-15/h2-7,9-10,20H,8H2,1H3,(H,22,23). The Morgan fingerprint density at radius 2 is 2.13 bits per heavy atom. The number of hydrogen-bond donors (Lipinski definition) is 2. The minimum Gasteiger partial charge on any atom is -0.478 e. The highest BCUT2D eigenvalue weighted by Gasteiger charge is 2.12. The van der Waals surface area contributed by atoms with Crippen molar-refractivity contribution in [3.8, 4) is 0 Å². The molecule has 0 saturated heterocycles. The molecule has 0 atom stereocenters. The van der Waals surface area contributed by atoms with Crippen LogP contribution < -0.4 is 0 Å². The Labute approximate surface area is 132 Å². The summed E-state index contributed by atoms with van der Waals surface area (Å²) in [4.78, 5) is 18.7. The van der Waals surface area contributed by atoms with Crippen molar-refractivity contribution in [2.75, 3.05) is 0 Å². The van der Waals surface area contributed by atoms with E-state index in [2.05, 4.69) is 38.8 Å². The molecule has 23 heavy (non-hydrogen) atoms. The molecule has 3 heterocycles. The van der Waals surface area contributed by atoms with E-state index >= 15 is 0 Å². The number of aromatic carboxylic acids is 1. The summed E-state index contributed by atoms with van der Waals surface area (Å²) in [5, 5.41) is 10.5. The van der Waals surface area contributed by atoms with Gasteiger partial charge in [-0.2, -0.15) is 0 Å².